The quantitative estimate of drug-likeness (QED) is 0.637. The van der Waals surface area contributed by atoms with E-state index in [1.54, 1.807) is 14.2 Å². The molecule has 18 heavy (non-hydrogen) atoms. The number of nitrogens with two attached hydrogens (primary N) is 1. The Bertz CT molecular complexity index is 216. The predicted octanol–water partition coefficient (Wildman–Crippen LogP) is 1.01. The molecular weight excluding hydrogens is 232 g/mol. The van der Waals surface area contributed by atoms with E-state index in [1.165, 1.54) is 0 Å². The van der Waals surface area contributed by atoms with Crippen LogP contribution in [0.1, 0.15) is 33.1 Å². The van der Waals surface area contributed by atoms with Crippen molar-refractivity contribution in [3.63, 3.8) is 0 Å². The fraction of sp³-hybridized carbons (Fsp3) is 0.923. The van der Waals surface area contributed by atoms with Crippen LogP contribution in [0, 0.1) is 0 Å². The van der Waals surface area contributed by atoms with Gasteiger partial charge in [0.25, 0.3) is 0 Å². The zero-order valence-corrected chi connectivity index (χ0v) is 12.1. The van der Waals surface area contributed by atoms with Crippen LogP contribution in [0.25, 0.3) is 0 Å². The molecule has 0 heterocycles. The van der Waals surface area contributed by atoms with Crippen molar-refractivity contribution in [1.82, 2.24) is 4.90 Å². The van der Waals surface area contributed by atoms with Crippen LogP contribution in [0.2, 0.25) is 0 Å². The Balaban J connectivity index is 4.56. The molecule has 1 atom stereocenters. The summed E-state index contributed by atoms with van der Waals surface area (Å²) in [5, 5.41) is 0. The molecule has 0 saturated carbocycles. The molecule has 108 valence electrons. The molecule has 0 aliphatic heterocycles. The lowest BCUT2D eigenvalue weighted by atomic mass is 10.1. The molecule has 0 aromatic heterocycles. The number of amides is 1. The fourth-order valence-electron chi connectivity index (χ4n) is 2.00. The molecule has 0 aromatic rings. The highest BCUT2D eigenvalue weighted by atomic mass is 16.5. The van der Waals surface area contributed by atoms with Crippen LogP contribution in [-0.2, 0) is 14.3 Å². The van der Waals surface area contributed by atoms with Gasteiger partial charge < -0.3 is 20.1 Å². The Kier molecular flexibility index (Phi) is 9.92. The maximum atomic E-state index is 12.3. The van der Waals surface area contributed by atoms with Crippen LogP contribution in [0.4, 0.5) is 0 Å². The van der Waals surface area contributed by atoms with Crippen LogP contribution in [-0.4, -0.2) is 56.9 Å². The van der Waals surface area contributed by atoms with Crippen molar-refractivity contribution in [2.24, 2.45) is 5.73 Å². The first-order chi connectivity index (χ1) is 8.64. The van der Waals surface area contributed by atoms with Gasteiger partial charge in [-0.25, -0.2) is 0 Å². The van der Waals surface area contributed by atoms with E-state index in [2.05, 4.69) is 13.8 Å². The first kappa shape index (κ1) is 17.4. The highest BCUT2D eigenvalue weighted by Gasteiger charge is 2.23. The Hall–Kier alpha value is -0.650. The molecule has 0 aliphatic carbocycles. The average molecular weight is 260 g/mol. The number of hydrogen-bond donors (Lipinski definition) is 1. The maximum Gasteiger partial charge on any atom is 0.225 e. The van der Waals surface area contributed by atoms with E-state index in [-0.39, 0.29) is 18.1 Å². The van der Waals surface area contributed by atoms with Gasteiger partial charge in [0.2, 0.25) is 5.91 Å². The van der Waals surface area contributed by atoms with Gasteiger partial charge in [-0.3, -0.25) is 4.79 Å². The lowest BCUT2D eigenvalue weighted by Gasteiger charge is -2.31. The van der Waals surface area contributed by atoms with Crippen molar-refractivity contribution >= 4 is 5.91 Å². The zero-order valence-electron chi connectivity index (χ0n) is 12.1. The molecule has 0 aliphatic rings. The van der Waals surface area contributed by atoms with E-state index in [0.29, 0.717) is 26.1 Å². The van der Waals surface area contributed by atoms with Crippen molar-refractivity contribution in [2.45, 2.75) is 45.3 Å². The smallest absolute Gasteiger partial charge is 0.225 e. The van der Waals surface area contributed by atoms with Crippen molar-refractivity contribution in [3.05, 3.63) is 0 Å². The van der Waals surface area contributed by atoms with E-state index < -0.39 is 0 Å². The number of carbonyl (C=O) groups is 1. The van der Waals surface area contributed by atoms with E-state index in [1.807, 2.05) is 4.90 Å². The second kappa shape index (κ2) is 10.3. The summed E-state index contributed by atoms with van der Waals surface area (Å²) >= 11 is 0. The third kappa shape index (κ3) is 5.80. The topological polar surface area (TPSA) is 64.8 Å². The van der Waals surface area contributed by atoms with Crippen molar-refractivity contribution in [3.8, 4) is 0 Å². The van der Waals surface area contributed by atoms with Gasteiger partial charge in [0, 0.05) is 33.4 Å². The highest BCUT2D eigenvalue weighted by Crippen LogP contribution is 2.11. The van der Waals surface area contributed by atoms with Crippen molar-refractivity contribution in [1.29, 1.82) is 0 Å². The lowest BCUT2D eigenvalue weighted by molar-refractivity contribution is -0.136. The van der Waals surface area contributed by atoms with E-state index in [9.17, 15) is 4.79 Å². The molecule has 0 aromatic carbocycles. The zero-order chi connectivity index (χ0) is 14.0. The molecule has 0 spiro atoms. The molecule has 0 rings (SSSR count). The van der Waals surface area contributed by atoms with Gasteiger partial charge in [-0.2, -0.15) is 0 Å². The summed E-state index contributed by atoms with van der Waals surface area (Å²) in [5.74, 6) is 0.0954. The summed E-state index contributed by atoms with van der Waals surface area (Å²) in [7, 11) is 3.23. The summed E-state index contributed by atoms with van der Waals surface area (Å²) in [4.78, 5) is 14.2. The molecule has 0 radical (unpaired) electrons. The van der Waals surface area contributed by atoms with Crippen LogP contribution in [0.15, 0.2) is 0 Å². The summed E-state index contributed by atoms with van der Waals surface area (Å²) in [5.41, 5.74) is 5.55. The Labute approximate surface area is 111 Å². The number of ether oxygens (including phenoxy) is 2. The summed E-state index contributed by atoms with van der Waals surface area (Å²) in [6.45, 7) is 5.74. The average Bonchev–Trinajstić information content (AvgIpc) is 2.40. The van der Waals surface area contributed by atoms with Gasteiger partial charge >= 0.3 is 0 Å². The minimum absolute atomic E-state index is 0.0954. The predicted molar refractivity (Wildman–Crippen MR) is 72.4 cm³/mol. The summed E-state index contributed by atoms with van der Waals surface area (Å²) in [6, 6.07) is 0.267. The first-order valence-corrected chi connectivity index (χ1v) is 6.65. The first-order valence-electron chi connectivity index (χ1n) is 6.65. The van der Waals surface area contributed by atoms with Gasteiger partial charge in [0.15, 0.2) is 0 Å². The van der Waals surface area contributed by atoms with Crippen LogP contribution in [0.5, 0.6) is 0 Å². The monoisotopic (exact) mass is 260 g/mol. The molecule has 0 bridgehead atoms. The molecular formula is C13H28N2O3. The Morgan fingerprint density at radius 2 is 1.89 bits per heavy atom. The van der Waals surface area contributed by atoms with Gasteiger partial charge in [0.1, 0.15) is 0 Å². The molecule has 0 fully saturated rings. The van der Waals surface area contributed by atoms with E-state index >= 15 is 0 Å². The van der Waals surface area contributed by atoms with Crippen LogP contribution in [0.3, 0.4) is 0 Å². The summed E-state index contributed by atoms with van der Waals surface area (Å²) in [6.07, 6.45) is 2.04. The molecule has 0 saturated heterocycles. The van der Waals surface area contributed by atoms with E-state index in [4.69, 9.17) is 15.2 Å². The minimum Gasteiger partial charge on any atom is -0.383 e. The minimum atomic E-state index is -0.197. The SMILES string of the molecule is CCC(CC)N(CCOC)C(=O)CC(CN)OC. The third-order valence-electron chi connectivity index (χ3n) is 3.24. The number of nitrogens with zero attached hydrogens (tertiary/aromatic N) is 1. The second-order valence-electron chi connectivity index (χ2n) is 4.35. The lowest BCUT2D eigenvalue weighted by Crippen LogP contribution is -2.44. The molecule has 5 nitrogen and oxygen atoms in total. The Morgan fingerprint density at radius 1 is 1.28 bits per heavy atom. The van der Waals surface area contributed by atoms with Crippen molar-refractivity contribution < 1.29 is 14.3 Å². The standard InChI is InChI=1S/C13H28N2O3/c1-5-11(6-2)15(7-8-17-3)13(16)9-12(10-14)18-4/h11-12H,5-10,14H2,1-4H3. The van der Waals surface area contributed by atoms with Crippen molar-refractivity contribution in [2.75, 3.05) is 33.9 Å². The number of hydrogen-bond acceptors (Lipinski definition) is 4. The Morgan fingerprint density at radius 3 is 2.28 bits per heavy atom. The molecule has 1 unspecified atom stereocenters. The fourth-order valence-corrected chi connectivity index (χ4v) is 2.00. The summed E-state index contributed by atoms with van der Waals surface area (Å²) < 4.78 is 10.2. The van der Waals surface area contributed by atoms with Crippen LogP contribution < -0.4 is 5.73 Å². The number of rotatable bonds is 10. The second-order valence-corrected chi connectivity index (χ2v) is 4.35. The molecule has 5 heteroatoms. The number of carbonyl (C=O) groups excluding carboxylic acids is 1. The normalized spacial score (nSPS) is 12.8. The van der Waals surface area contributed by atoms with E-state index in [0.717, 1.165) is 12.8 Å². The molecule has 1 amide bonds. The largest absolute Gasteiger partial charge is 0.383 e. The number of methoxy groups -OCH3 is 2. The maximum absolute atomic E-state index is 12.3. The highest BCUT2D eigenvalue weighted by molar-refractivity contribution is 5.77. The van der Waals surface area contributed by atoms with Gasteiger partial charge in [-0.15, -0.1) is 0 Å². The van der Waals surface area contributed by atoms with Gasteiger partial charge in [-0.1, -0.05) is 13.8 Å². The third-order valence-corrected chi connectivity index (χ3v) is 3.24. The van der Waals surface area contributed by atoms with Gasteiger partial charge in [-0.05, 0) is 12.8 Å². The van der Waals surface area contributed by atoms with Gasteiger partial charge in [0.05, 0.1) is 19.1 Å². The van der Waals surface area contributed by atoms with Crippen LogP contribution >= 0.6 is 0 Å². The molecule has 2 N–H and O–H groups in total.